The van der Waals surface area contributed by atoms with Gasteiger partial charge >= 0.3 is 12.2 Å². The SMILES string of the molecule is Cc1nn(C)cc1-c1ccnc(NC(=O)N2c3nc(C(=O)N[C@H](C)C(F)(F)F)ccc3N3CC[C@H]2C3)c1. The minimum absolute atomic E-state index is 0.206. The molecule has 10 nitrogen and oxygen atoms in total. The lowest BCUT2D eigenvalue weighted by Gasteiger charge is -2.35. The molecule has 2 N–H and O–H groups in total. The van der Waals surface area contributed by atoms with E-state index in [1.54, 1.807) is 23.0 Å². The molecule has 1 saturated heterocycles. The first kappa shape index (κ1) is 24.5. The number of hydrogen-bond donors (Lipinski definition) is 2. The first-order chi connectivity index (χ1) is 17.5. The quantitative estimate of drug-likeness (QED) is 0.552. The number of hydrogen-bond acceptors (Lipinski definition) is 6. The zero-order chi connectivity index (χ0) is 26.5. The number of urea groups is 1. The van der Waals surface area contributed by atoms with Crippen molar-refractivity contribution in [2.75, 3.05) is 28.2 Å². The van der Waals surface area contributed by atoms with Gasteiger partial charge in [0.05, 0.1) is 17.4 Å². The monoisotopic (exact) mass is 514 g/mol. The maximum atomic E-state index is 13.5. The molecule has 2 bridgehead atoms. The smallest absolute Gasteiger partial charge is 0.366 e. The van der Waals surface area contributed by atoms with E-state index in [2.05, 4.69) is 20.4 Å². The number of carbonyl (C=O) groups excluding carboxylic acids is 2. The summed E-state index contributed by atoms with van der Waals surface area (Å²) in [6.07, 6.45) is -0.447. The minimum Gasteiger partial charge on any atom is -0.366 e. The summed E-state index contributed by atoms with van der Waals surface area (Å²) in [5.74, 6) is -0.430. The van der Waals surface area contributed by atoms with Crippen molar-refractivity contribution in [1.82, 2.24) is 25.1 Å². The van der Waals surface area contributed by atoms with E-state index in [1.807, 2.05) is 36.5 Å². The molecule has 13 heteroatoms. The van der Waals surface area contributed by atoms with Crippen molar-refractivity contribution >= 4 is 29.3 Å². The number of rotatable bonds is 4. The van der Waals surface area contributed by atoms with E-state index in [0.717, 1.165) is 23.7 Å². The number of carbonyl (C=O) groups is 2. The number of alkyl halides is 3. The van der Waals surface area contributed by atoms with Gasteiger partial charge in [0.25, 0.3) is 5.91 Å². The standard InChI is InChI=1S/C24H25F3N8O2/c1-13-17(12-33(3)32-13)15-6-8-28-20(10-15)31-23(37)35-16-7-9-34(11-16)19-5-4-18(30-21(19)35)22(36)29-14(2)24(25,26)27/h4-6,8,10,12,14,16H,7,9,11H2,1-3H3,(H,29,36)(H,28,31,37)/t14-,16+/m1/s1. The van der Waals surface area contributed by atoms with Gasteiger partial charge in [-0.15, -0.1) is 0 Å². The fourth-order valence-corrected chi connectivity index (χ4v) is 4.67. The third-order valence-electron chi connectivity index (χ3n) is 6.56. The van der Waals surface area contributed by atoms with Gasteiger partial charge < -0.3 is 10.2 Å². The Morgan fingerprint density at radius 2 is 2.00 bits per heavy atom. The van der Waals surface area contributed by atoms with Crippen LogP contribution < -0.4 is 20.4 Å². The predicted octanol–water partition coefficient (Wildman–Crippen LogP) is 3.50. The summed E-state index contributed by atoms with van der Waals surface area (Å²) in [4.78, 5) is 38.1. The number of aromatic nitrogens is 4. The second kappa shape index (κ2) is 9.05. The molecule has 3 amide bonds. The largest absolute Gasteiger partial charge is 0.408 e. The summed E-state index contributed by atoms with van der Waals surface area (Å²) in [6.45, 7) is 4.02. The van der Waals surface area contributed by atoms with E-state index < -0.39 is 24.2 Å². The van der Waals surface area contributed by atoms with Gasteiger partial charge in [-0.1, -0.05) is 0 Å². The molecule has 194 valence electrons. The molecule has 0 aromatic carbocycles. The van der Waals surface area contributed by atoms with Gasteiger partial charge in [0.2, 0.25) is 0 Å². The first-order valence-corrected chi connectivity index (χ1v) is 11.7. The molecular formula is C24H25F3N8O2. The Hall–Kier alpha value is -4.16. The Morgan fingerprint density at radius 3 is 2.70 bits per heavy atom. The molecule has 2 atom stereocenters. The molecule has 3 aromatic heterocycles. The van der Waals surface area contributed by atoms with Crippen LogP contribution in [0.5, 0.6) is 0 Å². The number of halogens is 3. The van der Waals surface area contributed by atoms with Crippen LogP contribution in [-0.2, 0) is 7.05 Å². The molecule has 0 aliphatic carbocycles. The van der Waals surface area contributed by atoms with Crippen LogP contribution in [0, 0.1) is 6.92 Å². The van der Waals surface area contributed by atoms with Crippen LogP contribution in [0.25, 0.3) is 11.1 Å². The third-order valence-corrected chi connectivity index (χ3v) is 6.56. The Bertz CT molecular complexity index is 1370. The average Bonchev–Trinajstić information content (AvgIpc) is 3.41. The van der Waals surface area contributed by atoms with Gasteiger partial charge in [-0.3, -0.25) is 19.7 Å². The average molecular weight is 515 g/mol. The molecule has 5 rings (SSSR count). The summed E-state index contributed by atoms with van der Waals surface area (Å²) < 4.78 is 40.5. The van der Waals surface area contributed by atoms with E-state index in [4.69, 9.17) is 0 Å². The number of amides is 3. The van der Waals surface area contributed by atoms with Crippen LogP contribution in [0.1, 0.15) is 29.5 Å². The van der Waals surface area contributed by atoms with Crippen molar-refractivity contribution in [2.45, 2.75) is 38.5 Å². The number of aryl methyl sites for hydroxylation is 2. The van der Waals surface area contributed by atoms with Gasteiger partial charge in [-0.25, -0.2) is 14.8 Å². The van der Waals surface area contributed by atoms with Crippen molar-refractivity contribution in [1.29, 1.82) is 0 Å². The summed E-state index contributed by atoms with van der Waals surface area (Å²) in [5, 5.41) is 9.08. The highest BCUT2D eigenvalue weighted by Crippen LogP contribution is 2.39. The number of fused-ring (bicyclic) bond motifs is 4. The van der Waals surface area contributed by atoms with Crippen LogP contribution in [0.15, 0.2) is 36.7 Å². The van der Waals surface area contributed by atoms with Crippen LogP contribution in [0.3, 0.4) is 0 Å². The van der Waals surface area contributed by atoms with Crippen molar-refractivity contribution in [3.8, 4) is 11.1 Å². The molecule has 0 spiro atoms. The Labute approximate surface area is 210 Å². The van der Waals surface area contributed by atoms with E-state index in [0.29, 0.717) is 31.0 Å². The Balaban J connectivity index is 1.42. The molecule has 5 heterocycles. The number of nitrogens with one attached hydrogen (secondary N) is 2. The third kappa shape index (κ3) is 4.68. The molecular weight excluding hydrogens is 489 g/mol. The fraction of sp³-hybridized carbons (Fsp3) is 0.375. The van der Waals surface area contributed by atoms with Crippen LogP contribution in [0.2, 0.25) is 0 Å². The molecule has 37 heavy (non-hydrogen) atoms. The van der Waals surface area contributed by atoms with E-state index in [1.165, 1.54) is 11.0 Å². The van der Waals surface area contributed by atoms with Crippen molar-refractivity contribution in [2.24, 2.45) is 7.05 Å². The lowest BCUT2D eigenvalue weighted by molar-refractivity contribution is -0.149. The number of pyridine rings is 2. The van der Waals surface area contributed by atoms with Crippen molar-refractivity contribution < 1.29 is 22.8 Å². The van der Waals surface area contributed by atoms with E-state index in [9.17, 15) is 22.8 Å². The maximum absolute atomic E-state index is 13.5. The highest BCUT2D eigenvalue weighted by molar-refractivity contribution is 6.05. The zero-order valence-corrected chi connectivity index (χ0v) is 20.4. The van der Waals surface area contributed by atoms with Crippen LogP contribution >= 0.6 is 0 Å². The number of nitrogens with zero attached hydrogens (tertiary/aromatic N) is 6. The Morgan fingerprint density at radius 1 is 1.22 bits per heavy atom. The molecule has 0 radical (unpaired) electrons. The molecule has 2 aliphatic heterocycles. The molecule has 3 aromatic rings. The van der Waals surface area contributed by atoms with Crippen LogP contribution in [0.4, 0.5) is 35.3 Å². The lowest BCUT2D eigenvalue weighted by atomic mass is 10.1. The normalized spacial score (nSPS) is 17.4. The molecule has 0 saturated carbocycles. The Kier molecular flexibility index (Phi) is 6.00. The van der Waals surface area contributed by atoms with Crippen molar-refractivity contribution in [3.63, 3.8) is 0 Å². The predicted molar refractivity (Wildman–Crippen MR) is 131 cm³/mol. The van der Waals surface area contributed by atoms with E-state index in [-0.39, 0.29) is 17.6 Å². The van der Waals surface area contributed by atoms with Crippen molar-refractivity contribution in [3.05, 3.63) is 48.0 Å². The van der Waals surface area contributed by atoms with Gasteiger partial charge in [-0.2, -0.15) is 18.3 Å². The second-order valence-electron chi connectivity index (χ2n) is 9.20. The van der Waals surface area contributed by atoms with Gasteiger partial charge in [0, 0.05) is 38.1 Å². The molecule has 1 fully saturated rings. The molecule has 2 aliphatic rings. The molecule has 0 unspecified atom stereocenters. The second-order valence-corrected chi connectivity index (χ2v) is 9.20. The van der Waals surface area contributed by atoms with Gasteiger partial charge in [0.1, 0.15) is 17.6 Å². The minimum atomic E-state index is -4.59. The van der Waals surface area contributed by atoms with Gasteiger partial charge in [-0.05, 0) is 50.1 Å². The summed E-state index contributed by atoms with van der Waals surface area (Å²) in [7, 11) is 1.82. The summed E-state index contributed by atoms with van der Waals surface area (Å²) in [6, 6.07) is 3.79. The highest BCUT2D eigenvalue weighted by atomic mass is 19.4. The fourth-order valence-electron chi connectivity index (χ4n) is 4.67. The van der Waals surface area contributed by atoms with E-state index >= 15 is 0 Å². The summed E-state index contributed by atoms with van der Waals surface area (Å²) in [5.41, 5.74) is 2.99. The maximum Gasteiger partial charge on any atom is 0.408 e. The summed E-state index contributed by atoms with van der Waals surface area (Å²) >= 11 is 0. The topological polar surface area (TPSA) is 108 Å². The van der Waals surface area contributed by atoms with Gasteiger partial charge in [0.15, 0.2) is 5.82 Å². The first-order valence-electron chi connectivity index (χ1n) is 11.7. The van der Waals surface area contributed by atoms with Crippen LogP contribution in [-0.4, -0.2) is 63.0 Å². The zero-order valence-electron chi connectivity index (χ0n) is 20.4. The highest BCUT2D eigenvalue weighted by Gasteiger charge is 2.41. The number of anilines is 3. The lowest BCUT2D eigenvalue weighted by Crippen LogP contribution is -2.49.